The molecule has 1 fully saturated rings. The van der Waals surface area contributed by atoms with Gasteiger partial charge in [0.25, 0.3) is 0 Å². The third-order valence-electron chi connectivity index (χ3n) is 5.50. The van der Waals surface area contributed by atoms with Gasteiger partial charge in [0.1, 0.15) is 5.82 Å². The summed E-state index contributed by atoms with van der Waals surface area (Å²) in [5, 5.41) is 5.20. The second-order valence-electron chi connectivity index (χ2n) is 7.35. The molecule has 4 rings (SSSR count). The number of benzene rings is 1. The molecule has 1 aliphatic rings. The molecule has 0 atom stereocenters. The van der Waals surface area contributed by atoms with Crippen LogP contribution in [-0.2, 0) is 13.0 Å². The van der Waals surface area contributed by atoms with Crippen molar-refractivity contribution in [1.29, 1.82) is 0 Å². The van der Waals surface area contributed by atoms with Crippen molar-refractivity contribution in [3.05, 3.63) is 51.6 Å². The lowest BCUT2D eigenvalue weighted by molar-refractivity contribution is 0.206. The van der Waals surface area contributed by atoms with Crippen LogP contribution in [0.5, 0.6) is 0 Å². The van der Waals surface area contributed by atoms with Gasteiger partial charge in [-0.3, -0.25) is 0 Å². The van der Waals surface area contributed by atoms with E-state index in [1.54, 1.807) is 6.07 Å². The number of rotatable bonds is 7. The highest BCUT2D eigenvalue weighted by Crippen LogP contribution is 2.32. The fourth-order valence-electron chi connectivity index (χ4n) is 3.96. The summed E-state index contributed by atoms with van der Waals surface area (Å²) in [5.74, 6) is 0.135. The SMILES string of the molecule is NCc1ccc(CCCCN2CCC(c3noc4cc(F)ccc34)CC2)s1. The van der Waals surface area contributed by atoms with Crippen molar-refractivity contribution in [2.45, 2.75) is 44.6 Å². The number of thiophene rings is 1. The molecule has 0 bridgehead atoms. The van der Waals surface area contributed by atoms with Crippen LogP contribution in [0.25, 0.3) is 11.0 Å². The number of hydrogen-bond acceptors (Lipinski definition) is 5. The Hall–Kier alpha value is -1.76. The van der Waals surface area contributed by atoms with Crippen molar-refractivity contribution in [1.82, 2.24) is 10.1 Å². The molecule has 1 aromatic carbocycles. The Balaban J connectivity index is 1.23. The lowest BCUT2D eigenvalue weighted by Crippen LogP contribution is -2.33. The Bertz CT molecular complexity index is 883. The van der Waals surface area contributed by atoms with Crippen LogP contribution in [0.2, 0.25) is 0 Å². The maximum absolute atomic E-state index is 13.3. The lowest BCUT2D eigenvalue weighted by Gasteiger charge is -2.31. The van der Waals surface area contributed by atoms with E-state index in [1.165, 1.54) is 34.7 Å². The van der Waals surface area contributed by atoms with Gasteiger partial charge >= 0.3 is 0 Å². The number of aromatic nitrogens is 1. The normalized spacial score (nSPS) is 16.4. The van der Waals surface area contributed by atoms with Gasteiger partial charge in [-0.15, -0.1) is 11.3 Å². The smallest absolute Gasteiger partial charge is 0.170 e. The van der Waals surface area contributed by atoms with Crippen LogP contribution < -0.4 is 5.73 Å². The molecule has 0 radical (unpaired) electrons. The lowest BCUT2D eigenvalue weighted by atomic mass is 9.91. The summed E-state index contributed by atoms with van der Waals surface area (Å²) in [7, 11) is 0. The first-order valence-electron chi connectivity index (χ1n) is 9.78. The molecule has 27 heavy (non-hydrogen) atoms. The van der Waals surface area contributed by atoms with E-state index in [1.807, 2.05) is 11.3 Å². The van der Waals surface area contributed by atoms with Gasteiger partial charge in [-0.2, -0.15) is 0 Å². The van der Waals surface area contributed by atoms with Crippen molar-refractivity contribution in [2.24, 2.45) is 5.73 Å². The van der Waals surface area contributed by atoms with Crippen molar-refractivity contribution in [2.75, 3.05) is 19.6 Å². The Morgan fingerprint density at radius 1 is 1.15 bits per heavy atom. The summed E-state index contributed by atoms with van der Waals surface area (Å²) >= 11 is 1.84. The Kier molecular flexibility index (Phi) is 5.86. The minimum Gasteiger partial charge on any atom is -0.356 e. The predicted octanol–water partition coefficient (Wildman–Crippen LogP) is 4.69. The third-order valence-corrected chi connectivity index (χ3v) is 6.67. The molecule has 2 N–H and O–H groups in total. The molecule has 4 nitrogen and oxygen atoms in total. The molecule has 6 heteroatoms. The van der Waals surface area contributed by atoms with E-state index >= 15 is 0 Å². The van der Waals surface area contributed by atoms with E-state index in [0.29, 0.717) is 18.0 Å². The number of hydrogen-bond donors (Lipinski definition) is 1. The number of likely N-dealkylation sites (tertiary alicyclic amines) is 1. The van der Waals surface area contributed by atoms with Gasteiger partial charge in [-0.25, -0.2) is 4.39 Å². The average molecular weight is 388 g/mol. The molecular weight excluding hydrogens is 361 g/mol. The van der Waals surface area contributed by atoms with Crippen molar-refractivity contribution >= 4 is 22.3 Å². The summed E-state index contributed by atoms with van der Waals surface area (Å²) in [6, 6.07) is 9.07. The molecule has 144 valence electrons. The van der Waals surface area contributed by atoms with Gasteiger partial charge < -0.3 is 15.2 Å². The van der Waals surface area contributed by atoms with Gasteiger partial charge in [-0.05, 0) is 76.0 Å². The fraction of sp³-hybridized carbons (Fsp3) is 0.476. The number of nitrogens with two attached hydrogens (primary N) is 1. The molecule has 0 saturated carbocycles. The number of nitrogens with zero attached hydrogens (tertiary/aromatic N) is 2. The number of aryl methyl sites for hydroxylation is 1. The van der Waals surface area contributed by atoms with Gasteiger partial charge in [-0.1, -0.05) is 5.16 Å². The number of fused-ring (bicyclic) bond motifs is 1. The van der Waals surface area contributed by atoms with E-state index in [4.69, 9.17) is 10.3 Å². The van der Waals surface area contributed by atoms with E-state index in [9.17, 15) is 4.39 Å². The van der Waals surface area contributed by atoms with E-state index in [2.05, 4.69) is 22.2 Å². The molecule has 0 spiro atoms. The molecular formula is C21H26FN3OS. The first-order chi connectivity index (χ1) is 13.2. The molecule has 3 aromatic rings. The van der Waals surface area contributed by atoms with E-state index in [-0.39, 0.29) is 5.82 Å². The quantitative estimate of drug-likeness (QED) is 0.598. The van der Waals surface area contributed by atoms with Gasteiger partial charge in [0.2, 0.25) is 0 Å². The molecule has 0 amide bonds. The summed E-state index contributed by atoms with van der Waals surface area (Å²) < 4.78 is 18.6. The Morgan fingerprint density at radius 3 is 2.74 bits per heavy atom. The Morgan fingerprint density at radius 2 is 1.96 bits per heavy atom. The minimum absolute atomic E-state index is 0.276. The molecule has 1 saturated heterocycles. The largest absolute Gasteiger partial charge is 0.356 e. The first kappa shape index (κ1) is 18.6. The Labute approximate surface area is 163 Å². The van der Waals surface area contributed by atoms with Crippen LogP contribution >= 0.6 is 11.3 Å². The second kappa shape index (κ2) is 8.50. The van der Waals surface area contributed by atoms with Crippen molar-refractivity contribution in [3.8, 4) is 0 Å². The van der Waals surface area contributed by atoms with Crippen molar-refractivity contribution in [3.63, 3.8) is 0 Å². The molecule has 1 aliphatic heterocycles. The summed E-state index contributed by atoms with van der Waals surface area (Å²) in [6.07, 6.45) is 5.78. The number of unbranched alkanes of at least 4 members (excludes halogenated alkanes) is 1. The van der Waals surface area contributed by atoms with Crippen LogP contribution in [0, 0.1) is 5.82 Å². The fourth-order valence-corrected chi connectivity index (χ4v) is 4.89. The first-order valence-corrected chi connectivity index (χ1v) is 10.6. The van der Waals surface area contributed by atoms with Crippen LogP contribution in [-0.4, -0.2) is 29.7 Å². The van der Waals surface area contributed by atoms with E-state index in [0.717, 1.165) is 50.0 Å². The minimum atomic E-state index is -0.276. The van der Waals surface area contributed by atoms with Gasteiger partial charge in [0.05, 0.1) is 5.69 Å². The summed E-state index contributed by atoms with van der Waals surface area (Å²) in [5.41, 5.74) is 7.23. The van der Waals surface area contributed by atoms with E-state index < -0.39 is 0 Å². The zero-order valence-electron chi connectivity index (χ0n) is 15.5. The van der Waals surface area contributed by atoms with Gasteiger partial charge in [0, 0.05) is 33.7 Å². The van der Waals surface area contributed by atoms with Crippen LogP contribution in [0.1, 0.15) is 47.0 Å². The maximum atomic E-state index is 13.3. The number of piperidine rings is 1. The van der Waals surface area contributed by atoms with Crippen LogP contribution in [0.15, 0.2) is 34.9 Å². The third kappa shape index (κ3) is 4.39. The predicted molar refractivity (Wildman–Crippen MR) is 108 cm³/mol. The highest BCUT2D eigenvalue weighted by atomic mass is 32.1. The zero-order valence-corrected chi connectivity index (χ0v) is 16.3. The molecule has 0 aliphatic carbocycles. The molecule has 2 aromatic heterocycles. The van der Waals surface area contributed by atoms with Crippen molar-refractivity contribution < 1.29 is 8.91 Å². The van der Waals surface area contributed by atoms with Crippen LogP contribution in [0.4, 0.5) is 4.39 Å². The zero-order chi connectivity index (χ0) is 18.6. The number of halogens is 1. The average Bonchev–Trinajstić information content (AvgIpc) is 3.32. The molecule has 3 heterocycles. The summed E-state index contributed by atoms with van der Waals surface area (Å²) in [6.45, 7) is 4.00. The monoisotopic (exact) mass is 387 g/mol. The van der Waals surface area contributed by atoms with Gasteiger partial charge in [0.15, 0.2) is 5.58 Å². The topological polar surface area (TPSA) is 55.3 Å². The second-order valence-corrected chi connectivity index (χ2v) is 8.61. The highest BCUT2D eigenvalue weighted by Gasteiger charge is 2.24. The maximum Gasteiger partial charge on any atom is 0.170 e. The highest BCUT2D eigenvalue weighted by molar-refractivity contribution is 7.11. The summed E-state index contributed by atoms with van der Waals surface area (Å²) in [4.78, 5) is 5.27. The van der Waals surface area contributed by atoms with Crippen LogP contribution in [0.3, 0.4) is 0 Å². The molecule has 0 unspecified atom stereocenters. The standard InChI is InChI=1S/C21H26FN3OS/c22-16-4-7-19-20(13-16)26-24-21(19)15-8-11-25(12-9-15)10-2-1-3-17-5-6-18(14-23)27-17/h4-7,13,15H,1-3,8-12,14,23H2.